The Morgan fingerprint density at radius 1 is 1.20 bits per heavy atom. The monoisotopic (exact) mass is 211 g/mol. The Labute approximate surface area is 92.2 Å². The van der Waals surface area contributed by atoms with Crippen molar-refractivity contribution >= 4 is 0 Å². The number of ether oxygens (including phenoxy) is 1. The van der Waals surface area contributed by atoms with Crippen molar-refractivity contribution in [3.63, 3.8) is 0 Å². The molecule has 0 aliphatic carbocycles. The second-order valence-electron chi connectivity index (χ2n) is 3.82. The molecule has 1 saturated heterocycles. The Morgan fingerprint density at radius 3 is 2.67 bits per heavy atom. The molecule has 1 aliphatic heterocycles. The molecule has 1 aliphatic rings. The summed E-state index contributed by atoms with van der Waals surface area (Å²) < 4.78 is 5.28. The van der Waals surface area contributed by atoms with Gasteiger partial charge >= 0.3 is 0 Å². The van der Waals surface area contributed by atoms with Crippen LogP contribution in [-0.2, 0) is 4.74 Å². The molecule has 1 N–H and O–H groups in total. The van der Waals surface area contributed by atoms with Gasteiger partial charge in [0.15, 0.2) is 0 Å². The molecule has 0 spiro atoms. The van der Waals surface area contributed by atoms with E-state index in [1.54, 1.807) is 0 Å². The fourth-order valence-electron chi connectivity index (χ4n) is 1.67. The van der Waals surface area contributed by atoms with E-state index in [2.05, 4.69) is 16.3 Å². The zero-order valence-electron chi connectivity index (χ0n) is 9.37. The first-order valence-corrected chi connectivity index (χ1v) is 5.81. The maximum Gasteiger partial charge on any atom is 0.0622 e. The molecular weight excluding hydrogens is 190 g/mol. The summed E-state index contributed by atoms with van der Waals surface area (Å²) in [6.07, 6.45) is 2.82. The molecule has 15 heavy (non-hydrogen) atoms. The Balaban J connectivity index is 1.82. The van der Waals surface area contributed by atoms with Gasteiger partial charge in [0.2, 0.25) is 0 Å². The number of nitriles is 1. The van der Waals surface area contributed by atoms with Gasteiger partial charge in [-0.2, -0.15) is 5.26 Å². The van der Waals surface area contributed by atoms with Crippen molar-refractivity contribution in [3.05, 3.63) is 0 Å². The summed E-state index contributed by atoms with van der Waals surface area (Å²) in [5, 5.41) is 11.7. The second-order valence-corrected chi connectivity index (χ2v) is 3.82. The molecule has 1 rings (SSSR count). The molecule has 1 heterocycles. The minimum absolute atomic E-state index is 0.663. The maximum absolute atomic E-state index is 8.34. The van der Waals surface area contributed by atoms with Gasteiger partial charge in [0.1, 0.15) is 0 Å². The standard InChI is InChI=1S/C11H21N3O/c12-4-1-2-5-13-6-3-7-14-8-10-15-11-9-14/h13H,1-3,5-11H2. The minimum atomic E-state index is 0.663. The molecule has 0 atom stereocenters. The number of nitrogens with one attached hydrogen (secondary N) is 1. The second kappa shape index (κ2) is 8.66. The molecule has 1 fully saturated rings. The summed E-state index contributed by atoms with van der Waals surface area (Å²) >= 11 is 0. The largest absolute Gasteiger partial charge is 0.379 e. The summed E-state index contributed by atoms with van der Waals surface area (Å²) in [6.45, 7) is 7.11. The number of hydrogen-bond donors (Lipinski definition) is 1. The van der Waals surface area contributed by atoms with Crippen LogP contribution in [0.15, 0.2) is 0 Å². The molecule has 86 valence electrons. The predicted molar refractivity (Wildman–Crippen MR) is 59.6 cm³/mol. The molecule has 0 bridgehead atoms. The number of hydrogen-bond acceptors (Lipinski definition) is 4. The van der Waals surface area contributed by atoms with Crippen molar-refractivity contribution in [2.75, 3.05) is 45.9 Å². The highest BCUT2D eigenvalue weighted by molar-refractivity contribution is 4.69. The zero-order valence-corrected chi connectivity index (χ0v) is 9.37. The highest BCUT2D eigenvalue weighted by Crippen LogP contribution is 1.97. The van der Waals surface area contributed by atoms with Crippen molar-refractivity contribution < 1.29 is 4.74 Å². The van der Waals surface area contributed by atoms with Crippen LogP contribution in [0.2, 0.25) is 0 Å². The number of unbranched alkanes of at least 4 members (excludes halogenated alkanes) is 1. The van der Waals surface area contributed by atoms with Gasteiger partial charge in [-0.15, -0.1) is 0 Å². The molecular formula is C11H21N3O. The smallest absolute Gasteiger partial charge is 0.0622 e. The van der Waals surface area contributed by atoms with E-state index in [9.17, 15) is 0 Å². The topological polar surface area (TPSA) is 48.3 Å². The lowest BCUT2D eigenvalue weighted by atomic mass is 10.3. The summed E-state index contributed by atoms with van der Waals surface area (Å²) in [4.78, 5) is 2.44. The minimum Gasteiger partial charge on any atom is -0.379 e. The third-order valence-corrected chi connectivity index (χ3v) is 2.57. The van der Waals surface area contributed by atoms with Crippen LogP contribution in [-0.4, -0.2) is 50.8 Å². The van der Waals surface area contributed by atoms with Gasteiger partial charge in [0, 0.05) is 19.5 Å². The Hall–Kier alpha value is -0.630. The van der Waals surface area contributed by atoms with Crippen LogP contribution < -0.4 is 5.32 Å². The van der Waals surface area contributed by atoms with Crippen molar-refractivity contribution in [1.82, 2.24) is 10.2 Å². The molecule has 0 aromatic rings. The zero-order chi connectivity index (χ0) is 10.8. The van der Waals surface area contributed by atoms with Crippen LogP contribution in [0.4, 0.5) is 0 Å². The highest BCUT2D eigenvalue weighted by Gasteiger charge is 2.08. The Kier molecular flexibility index (Phi) is 7.18. The molecule has 0 amide bonds. The fourth-order valence-corrected chi connectivity index (χ4v) is 1.67. The van der Waals surface area contributed by atoms with Crippen LogP contribution in [0.5, 0.6) is 0 Å². The number of nitrogens with zero attached hydrogens (tertiary/aromatic N) is 2. The summed E-state index contributed by atoms with van der Waals surface area (Å²) in [7, 11) is 0. The molecule has 0 aromatic heterocycles. The summed E-state index contributed by atoms with van der Waals surface area (Å²) in [5.41, 5.74) is 0. The van der Waals surface area contributed by atoms with E-state index in [4.69, 9.17) is 10.00 Å². The van der Waals surface area contributed by atoms with Gasteiger partial charge < -0.3 is 10.1 Å². The maximum atomic E-state index is 8.34. The summed E-state index contributed by atoms with van der Waals surface area (Å²) in [5.74, 6) is 0. The number of morpholine rings is 1. The average Bonchev–Trinajstić information content (AvgIpc) is 2.29. The lowest BCUT2D eigenvalue weighted by Crippen LogP contribution is -2.37. The van der Waals surface area contributed by atoms with Gasteiger partial charge in [0.05, 0.1) is 19.3 Å². The van der Waals surface area contributed by atoms with Crippen LogP contribution in [0.3, 0.4) is 0 Å². The van der Waals surface area contributed by atoms with Crippen molar-refractivity contribution in [2.24, 2.45) is 0 Å². The Bertz CT molecular complexity index is 185. The van der Waals surface area contributed by atoms with E-state index in [1.165, 1.54) is 6.42 Å². The van der Waals surface area contributed by atoms with Gasteiger partial charge in [-0.1, -0.05) is 0 Å². The predicted octanol–water partition coefficient (Wildman–Crippen LogP) is 0.602. The summed E-state index contributed by atoms with van der Waals surface area (Å²) in [6, 6.07) is 2.15. The fraction of sp³-hybridized carbons (Fsp3) is 0.909. The first-order valence-electron chi connectivity index (χ1n) is 5.81. The van der Waals surface area contributed by atoms with E-state index < -0.39 is 0 Å². The SMILES string of the molecule is N#CCCCNCCCN1CCOCC1. The third kappa shape index (κ3) is 6.45. The van der Waals surface area contributed by atoms with E-state index in [0.29, 0.717) is 6.42 Å². The van der Waals surface area contributed by atoms with Crippen molar-refractivity contribution in [2.45, 2.75) is 19.3 Å². The van der Waals surface area contributed by atoms with Crippen LogP contribution in [0, 0.1) is 11.3 Å². The lowest BCUT2D eigenvalue weighted by Gasteiger charge is -2.26. The van der Waals surface area contributed by atoms with Crippen LogP contribution in [0.25, 0.3) is 0 Å². The van der Waals surface area contributed by atoms with Gasteiger partial charge in [0.25, 0.3) is 0 Å². The van der Waals surface area contributed by atoms with Crippen molar-refractivity contribution in [1.29, 1.82) is 5.26 Å². The molecule has 0 unspecified atom stereocenters. The molecule has 4 heteroatoms. The quantitative estimate of drug-likeness (QED) is 0.627. The third-order valence-electron chi connectivity index (χ3n) is 2.57. The van der Waals surface area contributed by atoms with Crippen LogP contribution in [0.1, 0.15) is 19.3 Å². The molecule has 0 aromatic carbocycles. The number of rotatable bonds is 7. The normalized spacial score (nSPS) is 17.5. The molecule has 4 nitrogen and oxygen atoms in total. The van der Waals surface area contributed by atoms with E-state index in [0.717, 1.165) is 52.4 Å². The Morgan fingerprint density at radius 2 is 1.93 bits per heavy atom. The van der Waals surface area contributed by atoms with E-state index in [1.807, 2.05) is 0 Å². The van der Waals surface area contributed by atoms with Gasteiger partial charge in [-0.3, -0.25) is 4.90 Å². The first kappa shape index (κ1) is 12.4. The van der Waals surface area contributed by atoms with E-state index in [-0.39, 0.29) is 0 Å². The van der Waals surface area contributed by atoms with Gasteiger partial charge in [-0.05, 0) is 32.5 Å². The highest BCUT2D eigenvalue weighted by atomic mass is 16.5. The average molecular weight is 211 g/mol. The van der Waals surface area contributed by atoms with Crippen molar-refractivity contribution in [3.8, 4) is 6.07 Å². The first-order chi connectivity index (χ1) is 7.43. The van der Waals surface area contributed by atoms with Gasteiger partial charge in [-0.25, -0.2) is 0 Å². The lowest BCUT2D eigenvalue weighted by molar-refractivity contribution is 0.0374. The molecule has 0 saturated carbocycles. The van der Waals surface area contributed by atoms with E-state index >= 15 is 0 Å². The molecule has 0 radical (unpaired) electrons. The van der Waals surface area contributed by atoms with Crippen LogP contribution >= 0.6 is 0 Å².